The topological polar surface area (TPSA) is 85.4 Å². The fourth-order valence-electron chi connectivity index (χ4n) is 2.22. The first-order valence-electron chi connectivity index (χ1n) is 8.28. The number of ketones is 1. The Morgan fingerprint density at radius 2 is 1.81 bits per heavy atom. The molecule has 0 saturated carbocycles. The van der Waals surface area contributed by atoms with Gasteiger partial charge in [0.1, 0.15) is 5.15 Å². The summed E-state index contributed by atoms with van der Waals surface area (Å²) in [4.78, 5) is 39.9. The van der Waals surface area contributed by atoms with Crippen LogP contribution in [0.2, 0.25) is 10.2 Å². The lowest BCUT2D eigenvalue weighted by molar-refractivity contribution is -0.116. The van der Waals surface area contributed by atoms with Crippen molar-refractivity contribution in [2.24, 2.45) is 0 Å². The number of aromatic nitrogens is 1. The molecule has 2 aromatic rings. The van der Waals surface area contributed by atoms with E-state index in [-0.39, 0.29) is 27.4 Å². The minimum Gasteiger partial charge on any atom is -0.451 e. The van der Waals surface area contributed by atoms with Crippen molar-refractivity contribution < 1.29 is 19.1 Å². The number of anilines is 1. The van der Waals surface area contributed by atoms with Crippen molar-refractivity contribution >= 4 is 46.5 Å². The van der Waals surface area contributed by atoms with E-state index >= 15 is 0 Å². The number of ether oxygens (including phenoxy) is 1. The summed E-state index contributed by atoms with van der Waals surface area (Å²) in [5.41, 5.74) is 1.05. The lowest BCUT2D eigenvalue weighted by Gasteiger charge is -2.13. The van der Waals surface area contributed by atoms with Crippen molar-refractivity contribution in [3.05, 3.63) is 57.8 Å². The van der Waals surface area contributed by atoms with Crippen molar-refractivity contribution in [1.29, 1.82) is 0 Å². The van der Waals surface area contributed by atoms with E-state index in [2.05, 4.69) is 10.3 Å². The average molecular weight is 409 g/mol. The smallest absolute Gasteiger partial charge is 0.340 e. The van der Waals surface area contributed by atoms with Gasteiger partial charge in [-0.05, 0) is 43.7 Å². The summed E-state index contributed by atoms with van der Waals surface area (Å²) in [6.07, 6.45) is 1.39. The Bertz CT molecular complexity index is 853. The Hall–Kier alpha value is -2.44. The van der Waals surface area contributed by atoms with Crippen LogP contribution in [0.15, 0.2) is 36.5 Å². The molecule has 0 bridgehead atoms. The third kappa shape index (κ3) is 5.77. The van der Waals surface area contributed by atoms with Crippen LogP contribution in [-0.2, 0) is 9.53 Å². The number of nitrogens with zero attached hydrogens (tertiary/aromatic N) is 1. The van der Waals surface area contributed by atoms with E-state index in [1.165, 1.54) is 19.2 Å². The Morgan fingerprint density at radius 3 is 2.41 bits per heavy atom. The molecule has 1 heterocycles. The highest BCUT2D eigenvalue weighted by Crippen LogP contribution is 2.21. The van der Waals surface area contributed by atoms with Crippen molar-refractivity contribution in [3.63, 3.8) is 0 Å². The largest absolute Gasteiger partial charge is 0.451 e. The summed E-state index contributed by atoms with van der Waals surface area (Å²) in [6, 6.07) is 7.70. The summed E-state index contributed by atoms with van der Waals surface area (Å²) in [6.45, 7) is 3.39. The van der Waals surface area contributed by atoms with Gasteiger partial charge in [0.2, 0.25) is 11.7 Å². The van der Waals surface area contributed by atoms with Crippen LogP contribution >= 0.6 is 23.2 Å². The lowest BCUT2D eigenvalue weighted by atomic mass is 10.1. The van der Waals surface area contributed by atoms with Crippen LogP contribution in [0.5, 0.6) is 0 Å². The third-order valence-electron chi connectivity index (χ3n) is 3.62. The summed E-state index contributed by atoms with van der Waals surface area (Å²) < 4.78 is 5.17. The number of carbonyl (C=O) groups is 3. The van der Waals surface area contributed by atoms with Crippen LogP contribution in [0, 0.1) is 0 Å². The zero-order chi connectivity index (χ0) is 20.0. The first-order chi connectivity index (χ1) is 12.8. The van der Waals surface area contributed by atoms with Crippen molar-refractivity contribution in [2.75, 3.05) is 5.32 Å². The number of pyridine rings is 1. The zero-order valence-electron chi connectivity index (χ0n) is 14.8. The molecule has 1 atom stereocenters. The quantitative estimate of drug-likeness (QED) is 0.412. The van der Waals surface area contributed by atoms with Gasteiger partial charge in [0, 0.05) is 23.9 Å². The molecule has 27 heavy (non-hydrogen) atoms. The van der Waals surface area contributed by atoms with E-state index in [0.717, 1.165) is 6.42 Å². The molecule has 1 aromatic carbocycles. The van der Waals surface area contributed by atoms with Gasteiger partial charge < -0.3 is 10.1 Å². The second-order valence-electron chi connectivity index (χ2n) is 5.78. The number of rotatable bonds is 7. The van der Waals surface area contributed by atoms with Crippen molar-refractivity contribution in [1.82, 2.24) is 4.98 Å². The Balaban J connectivity index is 2.00. The van der Waals surface area contributed by atoms with Crippen LogP contribution < -0.4 is 5.32 Å². The first kappa shape index (κ1) is 20.9. The number of amides is 1. The Kier molecular flexibility index (Phi) is 7.33. The number of esters is 1. The van der Waals surface area contributed by atoms with Gasteiger partial charge in [-0.3, -0.25) is 9.59 Å². The molecule has 8 heteroatoms. The molecular formula is C19H18Cl2N2O4. The second-order valence-corrected chi connectivity index (χ2v) is 6.55. The second kappa shape index (κ2) is 9.48. The van der Waals surface area contributed by atoms with Gasteiger partial charge in [-0.25, -0.2) is 9.78 Å². The Labute approximate surface area is 166 Å². The maximum absolute atomic E-state index is 12.4. The maximum Gasteiger partial charge on any atom is 0.340 e. The summed E-state index contributed by atoms with van der Waals surface area (Å²) in [5.74, 6) is -1.19. The summed E-state index contributed by atoms with van der Waals surface area (Å²) >= 11 is 11.5. The molecule has 0 aliphatic heterocycles. The lowest BCUT2D eigenvalue weighted by Crippen LogP contribution is -2.24. The number of hydrogen-bond donors (Lipinski definition) is 1. The molecule has 1 amide bonds. The molecule has 0 aliphatic rings. The molecule has 0 radical (unpaired) electrons. The SMILES string of the molecule is CCCC(=O)Nc1ccc(C(=O)[C@@H](C)OC(=O)c2cnc(Cl)c(Cl)c2)cc1. The molecule has 0 spiro atoms. The molecule has 6 nitrogen and oxygen atoms in total. The fourth-order valence-corrected chi connectivity index (χ4v) is 2.49. The van der Waals surface area contributed by atoms with Crippen molar-refractivity contribution in [2.45, 2.75) is 32.8 Å². The predicted molar refractivity (Wildman–Crippen MR) is 103 cm³/mol. The molecular weight excluding hydrogens is 391 g/mol. The number of carbonyl (C=O) groups excluding carboxylic acids is 3. The number of nitrogens with one attached hydrogen (secondary N) is 1. The number of Topliss-reactive ketones (excluding diaryl/α,β-unsaturated/α-hetero) is 1. The van der Waals surface area contributed by atoms with Gasteiger partial charge in [0.25, 0.3) is 0 Å². The van der Waals surface area contributed by atoms with Crippen LogP contribution in [-0.4, -0.2) is 28.7 Å². The molecule has 0 unspecified atom stereocenters. The van der Waals surface area contributed by atoms with Gasteiger partial charge in [0.15, 0.2) is 6.10 Å². The highest BCUT2D eigenvalue weighted by molar-refractivity contribution is 6.41. The van der Waals surface area contributed by atoms with Gasteiger partial charge in [0.05, 0.1) is 10.6 Å². The fraction of sp³-hybridized carbons (Fsp3) is 0.263. The Morgan fingerprint density at radius 1 is 1.15 bits per heavy atom. The minimum absolute atomic E-state index is 0.0726. The predicted octanol–water partition coefficient (Wildman–Crippen LogP) is 4.56. The third-order valence-corrected chi connectivity index (χ3v) is 4.30. The van der Waals surface area contributed by atoms with Gasteiger partial charge >= 0.3 is 5.97 Å². The van der Waals surface area contributed by atoms with Gasteiger partial charge in [-0.2, -0.15) is 0 Å². The van der Waals surface area contributed by atoms with Crippen LogP contribution in [0.25, 0.3) is 0 Å². The van der Waals surface area contributed by atoms with E-state index in [9.17, 15) is 14.4 Å². The highest BCUT2D eigenvalue weighted by atomic mass is 35.5. The summed E-state index contributed by atoms with van der Waals surface area (Å²) in [5, 5.41) is 2.93. The number of benzene rings is 1. The molecule has 0 fully saturated rings. The first-order valence-corrected chi connectivity index (χ1v) is 9.03. The van der Waals surface area contributed by atoms with Crippen LogP contribution in [0.3, 0.4) is 0 Å². The molecule has 2 rings (SSSR count). The van der Waals surface area contributed by atoms with E-state index in [0.29, 0.717) is 17.7 Å². The number of hydrogen-bond acceptors (Lipinski definition) is 5. The van der Waals surface area contributed by atoms with E-state index in [1.54, 1.807) is 24.3 Å². The average Bonchev–Trinajstić information content (AvgIpc) is 2.64. The number of halogens is 2. The molecule has 1 aromatic heterocycles. The van der Waals surface area contributed by atoms with E-state index < -0.39 is 12.1 Å². The van der Waals surface area contributed by atoms with Crippen molar-refractivity contribution in [3.8, 4) is 0 Å². The maximum atomic E-state index is 12.4. The summed E-state index contributed by atoms with van der Waals surface area (Å²) in [7, 11) is 0. The normalized spacial score (nSPS) is 11.6. The zero-order valence-corrected chi connectivity index (χ0v) is 16.3. The highest BCUT2D eigenvalue weighted by Gasteiger charge is 2.21. The van der Waals surface area contributed by atoms with Crippen LogP contribution in [0.1, 0.15) is 47.4 Å². The molecule has 1 N–H and O–H groups in total. The molecule has 142 valence electrons. The van der Waals surface area contributed by atoms with Crippen LogP contribution in [0.4, 0.5) is 5.69 Å². The minimum atomic E-state index is -1.01. The van der Waals surface area contributed by atoms with Gasteiger partial charge in [-0.15, -0.1) is 0 Å². The monoisotopic (exact) mass is 408 g/mol. The molecule has 0 aliphatic carbocycles. The van der Waals surface area contributed by atoms with E-state index in [4.69, 9.17) is 27.9 Å². The molecule has 0 saturated heterocycles. The van der Waals surface area contributed by atoms with Gasteiger partial charge in [-0.1, -0.05) is 30.1 Å². The van der Waals surface area contributed by atoms with E-state index in [1.807, 2.05) is 6.92 Å². The standard InChI is InChI=1S/C19H18Cl2N2O4/c1-3-4-16(24)23-14-7-5-12(6-8-14)17(25)11(2)27-19(26)13-9-15(20)18(21)22-10-13/h5-11H,3-4H2,1-2H3,(H,23,24)/t11-/m1/s1.